The zero-order valence-corrected chi connectivity index (χ0v) is 14.8. The quantitative estimate of drug-likeness (QED) is 0.540. The van der Waals surface area contributed by atoms with Gasteiger partial charge in [-0.1, -0.05) is 18.2 Å². The van der Waals surface area contributed by atoms with E-state index in [9.17, 15) is 4.79 Å². The molecule has 4 rings (SSSR count). The van der Waals surface area contributed by atoms with Gasteiger partial charge in [-0.3, -0.25) is 4.40 Å². The number of aryl methyl sites for hydroxylation is 1. The molecule has 0 saturated heterocycles. The molecule has 0 bridgehead atoms. The van der Waals surface area contributed by atoms with Crippen LogP contribution in [0, 0.1) is 6.92 Å². The smallest absolute Gasteiger partial charge is 0.366 e. The van der Waals surface area contributed by atoms with Gasteiger partial charge in [-0.2, -0.15) is 0 Å². The highest BCUT2D eigenvalue weighted by molar-refractivity contribution is 6.13. The van der Waals surface area contributed by atoms with Crippen LogP contribution in [0.25, 0.3) is 11.3 Å². The van der Waals surface area contributed by atoms with Gasteiger partial charge in [0.25, 0.3) is 0 Å². The van der Waals surface area contributed by atoms with Gasteiger partial charge < -0.3 is 9.64 Å². The monoisotopic (exact) mass is 346 g/mol. The second-order valence-corrected chi connectivity index (χ2v) is 6.34. The molecule has 0 unspecified atom stereocenters. The largest absolute Gasteiger partial charge is 0.402 e. The van der Waals surface area contributed by atoms with Gasteiger partial charge in [0.05, 0.1) is 17.6 Å². The lowest BCUT2D eigenvalue weighted by Crippen LogP contribution is -2.16. The van der Waals surface area contributed by atoms with Crippen LogP contribution in [-0.2, 0) is 9.53 Å². The molecule has 1 aliphatic rings. The first-order valence-electron chi connectivity index (χ1n) is 8.26. The number of imidazole rings is 1. The zero-order valence-electron chi connectivity index (χ0n) is 14.8. The van der Waals surface area contributed by atoms with Gasteiger partial charge in [0.1, 0.15) is 5.65 Å². The van der Waals surface area contributed by atoms with Crippen LogP contribution in [0.1, 0.15) is 16.8 Å². The number of benzene rings is 1. The van der Waals surface area contributed by atoms with Gasteiger partial charge in [0.15, 0.2) is 5.70 Å². The molecule has 130 valence electrons. The number of ether oxygens (including phenoxy) is 1. The Kier molecular flexibility index (Phi) is 3.80. The van der Waals surface area contributed by atoms with Crippen molar-refractivity contribution in [3.63, 3.8) is 0 Å². The van der Waals surface area contributed by atoms with Crippen molar-refractivity contribution in [3.8, 4) is 0 Å². The summed E-state index contributed by atoms with van der Waals surface area (Å²) in [5.74, 6) is -0.149. The van der Waals surface area contributed by atoms with E-state index >= 15 is 0 Å². The molecule has 26 heavy (non-hydrogen) atoms. The minimum Gasteiger partial charge on any atom is -0.402 e. The SMILES string of the molecule is Cc1ccn2c(/C(=C3/N=C(c4ccccc4)OC3=O)N(C)C)cnc2c1. The fourth-order valence-electron chi connectivity index (χ4n) is 2.98. The summed E-state index contributed by atoms with van der Waals surface area (Å²) in [5.41, 5.74) is 4.43. The lowest BCUT2D eigenvalue weighted by Gasteiger charge is -2.17. The van der Waals surface area contributed by atoms with Crippen molar-refractivity contribution in [2.45, 2.75) is 6.92 Å². The van der Waals surface area contributed by atoms with E-state index in [0.717, 1.165) is 22.5 Å². The maximum Gasteiger partial charge on any atom is 0.366 e. The highest BCUT2D eigenvalue weighted by atomic mass is 16.6. The van der Waals surface area contributed by atoms with Crippen LogP contribution >= 0.6 is 0 Å². The molecule has 0 N–H and O–H groups in total. The van der Waals surface area contributed by atoms with Crippen LogP contribution in [-0.4, -0.2) is 40.2 Å². The number of nitrogens with zero attached hydrogens (tertiary/aromatic N) is 4. The Morgan fingerprint density at radius 1 is 1.15 bits per heavy atom. The normalized spacial score (nSPS) is 15.8. The van der Waals surface area contributed by atoms with E-state index in [4.69, 9.17) is 4.74 Å². The first-order valence-corrected chi connectivity index (χ1v) is 8.26. The maximum absolute atomic E-state index is 12.5. The topological polar surface area (TPSA) is 59.2 Å². The zero-order chi connectivity index (χ0) is 18.3. The van der Waals surface area contributed by atoms with E-state index < -0.39 is 5.97 Å². The number of hydrogen-bond donors (Lipinski definition) is 0. The molecular weight excluding hydrogens is 328 g/mol. The summed E-state index contributed by atoms with van der Waals surface area (Å²) in [5, 5.41) is 0. The summed E-state index contributed by atoms with van der Waals surface area (Å²) >= 11 is 0. The molecule has 0 atom stereocenters. The predicted molar refractivity (Wildman–Crippen MR) is 99.6 cm³/mol. The summed E-state index contributed by atoms with van der Waals surface area (Å²) in [4.78, 5) is 23.3. The molecule has 0 radical (unpaired) electrons. The Balaban J connectivity index is 1.90. The average molecular weight is 346 g/mol. The van der Waals surface area contributed by atoms with E-state index in [2.05, 4.69) is 9.98 Å². The van der Waals surface area contributed by atoms with Gasteiger partial charge in [-0.15, -0.1) is 0 Å². The number of pyridine rings is 1. The maximum atomic E-state index is 12.5. The fraction of sp³-hybridized carbons (Fsp3) is 0.150. The number of aromatic nitrogens is 2. The first kappa shape index (κ1) is 16.1. The number of rotatable bonds is 3. The third-order valence-electron chi connectivity index (χ3n) is 4.20. The minimum absolute atomic E-state index is 0.274. The molecule has 6 heteroatoms. The molecule has 1 aromatic carbocycles. The van der Waals surface area contributed by atoms with Crippen molar-refractivity contribution >= 4 is 23.2 Å². The van der Waals surface area contributed by atoms with Crippen LogP contribution < -0.4 is 0 Å². The molecule has 0 fully saturated rings. The van der Waals surface area contributed by atoms with Gasteiger partial charge in [-0.05, 0) is 36.8 Å². The molecule has 0 aliphatic carbocycles. The fourth-order valence-corrected chi connectivity index (χ4v) is 2.98. The summed E-state index contributed by atoms with van der Waals surface area (Å²) in [6.45, 7) is 2.02. The van der Waals surface area contributed by atoms with E-state index in [1.807, 2.05) is 79.0 Å². The molecule has 2 aromatic heterocycles. The van der Waals surface area contributed by atoms with E-state index in [1.165, 1.54) is 0 Å². The Morgan fingerprint density at radius 3 is 2.65 bits per heavy atom. The van der Waals surface area contributed by atoms with E-state index in [0.29, 0.717) is 11.6 Å². The van der Waals surface area contributed by atoms with Crippen molar-refractivity contribution in [3.05, 3.63) is 77.4 Å². The Bertz CT molecular complexity index is 1060. The number of aliphatic imine (C=N–C) groups is 1. The highest BCUT2D eigenvalue weighted by Crippen LogP contribution is 2.28. The summed E-state index contributed by atoms with van der Waals surface area (Å²) < 4.78 is 7.36. The van der Waals surface area contributed by atoms with Crippen molar-refractivity contribution in [1.29, 1.82) is 0 Å². The minimum atomic E-state index is -0.463. The molecule has 0 saturated carbocycles. The second kappa shape index (κ2) is 6.15. The van der Waals surface area contributed by atoms with Crippen LogP contribution in [0.3, 0.4) is 0 Å². The van der Waals surface area contributed by atoms with Crippen molar-refractivity contribution in [1.82, 2.24) is 14.3 Å². The average Bonchev–Trinajstić information content (AvgIpc) is 3.20. The molecule has 6 nitrogen and oxygen atoms in total. The summed E-state index contributed by atoms with van der Waals surface area (Å²) in [7, 11) is 3.75. The standard InChI is InChI=1S/C20H18N4O2/c1-13-9-10-24-15(12-21-16(24)11-13)18(23(2)3)17-20(25)26-19(22-17)14-7-5-4-6-8-14/h4-12H,1-3H3/b18-17-. The first-order chi connectivity index (χ1) is 12.5. The van der Waals surface area contributed by atoms with Crippen molar-refractivity contribution in [2.24, 2.45) is 4.99 Å². The lowest BCUT2D eigenvalue weighted by molar-refractivity contribution is -0.130. The summed E-state index contributed by atoms with van der Waals surface area (Å²) in [6.07, 6.45) is 3.69. The van der Waals surface area contributed by atoms with E-state index in [-0.39, 0.29) is 5.70 Å². The molecule has 3 heterocycles. The predicted octanol–water partition coefficient (Wildman–Crippen LogP) is 2.88. The van der Waals surface area contributed by atoms with Crippen LogP contribution in [0.2, 0.25) is 0 Å². The van der Waals surface area contributed by atoms with Gasteiger partial charge in [0.2, 0.25) is 5.90 Å². The Labute approximate surface area is 151 Å². The third-order valence-corrected chi connectivity index (χ3v) is 4.20. The number of carbonyl (C=O) groups is 1. The molecule has 0 spiro atoms. The van der Waals surface area contributed by atoms with Gasteiger partial charge in [0, 0.05) is 25.9 Å². The summed E-state index contributed by atoms with van der Waals surface area (Å²) in [6, 6.07) is 13.4. The molecule has 3 aromatic rings. The third kappa shape index (κ3) is 2.65. The number of carbonyl (C=O) groups excluding carboxylic acids is 1. The van der Waals surface area contributed by atoms with Crippen LogP contribution in [0.5, 0.6) is 0 Å². The number of fused-ring (bicyclic) bond motifs is 1. The van der Waals surface area contributed by atoms with Crippen molar-refractivity contribution in [2.75, 3.05) is 14.1 Å². The van der Waals surface area contributed by atoms with Crippen molar-refractivity contribution < 1.29 is 9.53 Å². The number of cyclic esters (lactones) is 1. The lowest BCUT2D eigenvalue weighted by atomic mass is 10.2. The molecular formula is C20H18N4O2. The van der Waals surface area contributed by atoms with Crippen LogP contribution in [0.4, 0.5) is 0 Å². The van der Waals surface area contributed by atoms with Crippen LogP contribution in [0.15, 0.2) is 65.5 Å². The van der Waals surface area contributed by atoms with E-state index in [1.54, 1.807) is 6.20 Å². The molecule has 1 aliphatic heterocycles. The Morgan fingerprint density at radius 2 is 1.92 bits per heavy atom. The molecule has 0 amide bonds. The Hall–Kier alpha value is -3.41. The highest BCUT2D eigenvalue weighted by Gasteiger charge is 2.30. The van der Waals surface area contributed by atoms with Gasteiger partial charge >= 0.3 is 5.97 Å². The van der Waals surface area contributed by atoms with Gasteiger partial charge in [-0.25, -0.2) is 14.8 Å². The number of esters is 1. The second-order valence-electron chi connectivity index (χ2n) is 6.34. The number of hydrogen-bond acceptors (Lipinski definition) is 5.